The predicted molar refractivity (Wildman–Crippen MR) is 61.8 cm³/mol. The molecule has 16 heavy (non-hydrogen) atoms. The molecule has 1 aliphatic heterocycles. The summed E-state index contributed by atoms with van der Waals surface area (Å²) in [6, 6.07) is 7.47. The molecule has 1 aromatic heterocycles. The molecule has 0 saturated heterocycles. The number of nitrogens with zero attached hydrogens (tertiary/aromatic N) is 1. The minimum atomic E-state index is 0. The molecule has 6 heteroatoms. The van der Waals surface area contributed by atoms with Crippen LogP contribution in [0.5, 0.6) is 11.5 Å². The molecule has 3 rings (SSSR count). The van der Waals surface area contributed by atoms with Crippen molar-refractivity contribution in [1.29, 1.82) is 0 Å². The molecule has 0 unspecified atom stereocenters. The monoisotopic (exact) mass is 239 g/mol. The van der Waals surface area contributed by atoms with Crippen LogP contribution in [0, 0.1) is 0 Å². The van der Waals surface area contributed by atoms with Crippen LogP contribution in [0.2, 0.25) is 0 Å². The summed E-state index contributed by atoms with van der Waals surface area (Å²) in [5.41, 5.74) is 7.37. The quantitative estimate of drug-likeness (QED) is 0.796. The van der Waals surface area contributed by atoms with E-state index < -0.39 is 0 Å². The first-order valence-corrected chi connectivity index (χ1v) is 4.54. The van der Waals surface area contributed by atoms with Gasteiger partial charge in [-0.3, -0.25) is 5.10 Å². The second-order valence-electron chi connectivity index (χ2n) is 3.27. The van der Waals surface area contributed by atoms with Crippen molar-refractivity contribution >= 4 is 18.2 Å². The van der Waals surface area contributed by atoms with Crippen LogP contribution in [-0.4, -0.2) is 17.0 Å². The number of nitrogens with two attached hydrogens (primary N) is 1. The number of nitrogen functional groups attached to an aromatic ring is 1. The number of rotatable bonds is 1. The smallest absolute Gasteiger partial charge is 0.231 e. The number of halogens is 1. The van der Waals surface area contributed by atoms with E-state index >= 15 is 0 Å². The van der Waals surface area contributed by atoms with E-state index in [1.54, 1.807) is 6.07 Å². The summed E-state index contributed by atoms with van der Waals surface area (Å²) < 4.78 is 10.5. The summed E-state index contributed by atoms with van der Waals surface area (Å²) in [5.74, 6) is 1.99. The van der Waals surface area contributed by atoms with Gasteiger partial charge in [0.1, 0.15) is 5.82 Å². The zero-order valence-electron chi connectivity index (χ0n) is 8.27. The Morgan fingerprint density at radius 1 is 1.19 bits per heavy atom. The summed E-state index contributed by atoms with van der Waals surface area (Å²) in [6.45, 7) is 0.282. The average Bonchev–Trinajstić information content (AvgIpc) is 2.84. The van der Waals surface area contributed by atoms with Gasteiger partial charge in [0, 0.05) is 11.6 Å². The Balaban J connectivity index is 0.000000963. The second-order valence-corrected chi connectivity index (χ2v) is 3.27. The highest BCUT2D eigenvalue weighted by Crippen LogP contribution is 2.35. The Kier molecular flexibility index (Phi) is 2.62. The number of aromatic amines is 1. The number of hydrogen-bond donors (Lipinski definition) is 2. The molecule has 0 aliphatic carbocycles. The summed E-state index contributed by atoms with van der Waals surface area (Å²) in [4.78, 5) is 0. The van der Waals surface area contributed by atoms with Crippen molar-refractivity contribution in [2.45, 2.75) is 0 Å². The van der Waals surface area contributed by atoms with Gasteiger partial charge in [0.15, 0.2) is 11.5 Å². The lowest BCUT2D eigenvalue weighted by molar-refractivity contribution is 0.174. The van der Waals surface area contributed by atoms with Crippen molar-refractivity contribution in [2.75, 3.05) is 12.5 Å². The minimum Gasteiger partial charge on any atom is -0.454 e. The Hall–Kier alpha value is -1.88. The maximum Gasteiger partial charge on any atom is 0.231 e. The molecule has 0 atom stereocenters. The Bertz CT molecular complexity index is 513. The van der Waals surface area contributed by atoms with Gasteiger partial charge in [-0.1, -0.05) is 0 Å². The van der Waals surface area contributed by atoms with E-state index in [1.165, 1.54) is 0 Å². The maximum absolute atomic E-state index is 5.53. The highest BCUT2D eigenvalue weighted by molar-refractivity contribution is 5.85. The molecule has 84 valence electrons. The fourth-order valence-electron chi connectivity index (χ4n) is 1.55. The topological polar surface area (TPSA) is 73.2 Å². The average molecular weight is 240 g/mol. The van der Waals surface area contributed by atoms with Gasteiger partial charge in [-0.2, -0.15) is 5.10 Å². The molecule has 0 spiro atoms. The van der Waals surface area contributed by atoms with E-state index in [0.29, 0.717) is 5.82 Å². The number of hydrogen-bond acceptors (Lipinski definition) is 4. The molecule has 0 saturated carbocycles. The fourth-order valence-corrected chi connectivity index (χ4v) is 1.55. The van der Waals surface area contributed by atoms with Crippen LogP contribution in [0.4, 0.5) is 5.82 Å². The van der Waals surface area contributed by atoms with Crippen molar-refractivity contribution in [2.24, 2.45) is 0 Å². The molecule has 1 aliphatic rings. The normalized spacial score (nSPS) is 12.2. The fraction of sp³-hybridized carbons (Fsp3) is 0.100. The molecule has 0 amide bonds. The van der Waals surface area contributed by atoms with Crippen molar-refractivity contribution in [3.8, 4) is 22.8 Å². The number of nitrogens with one attached hydrogen (secondary N) is 1. The third-order valence-corrected chi connectivity index (χ3v) is 2.28. The van der Waals surface area contributed by atoms with Gasteiger partial charge in [-0.15, -0.1) is 12.4 Å². The highest BCUT2D eigenvalue weighted by Gasteiger charge is 2.14. The van der Waals surface area contributed by atoms with Crippen LogP contribution in [0.25, 0.3) is 11.3 Å². The maximum atomic E-state index is 5.53. The first-order chi connectivity index (χ1) is 7.33. The summed E-state index contributed by atoms with van der Waals surface area (Å²) >= 11 is 0. The molecule has 3 N–H and O–H groups in total. The van der Waals surface area contributed by atoms with Gasteiger partial charge >= 0.3 is 0 Å². The van der Waals surface area contributed by atoms with E-state index in [-0.39, 0.29) is 19.2 Å². The summed E-state index contributed by atoms with van der Waals surface area (Å²) in [5, 5.41) is 6.71. The molecule has 0 radical (unpaired) electrons. The highest BCUT2D eigenvalue weighted by atomic mass is 35.5. The Morgan fingerprint density at radius 2 is 2.00 bits per heavy atom. The van der Waals surface area contributed by atoms with Gasteiger partial charge in [0.05, 0.1) is 5.69 Å². The number of aromatic nitrogens is 2. The summed E-state index contributed by atoms with van der Waals surface area (Å²) in [7, 11) is 0. The Labute approximate surface area is 98.0 Å². The molecule has 2 heterocycles. The second kappa shape index (κ2) is 3.94. The molecule has 0 fully saturated rings. The lowest BCUT2D eigenvalue weighted by atomic mass is 10.1. The van der Waals surface area contributed by atoms with Crippen molar-refractivity contribution in [1.82, 2.24) is 10.2 Å². The van der Waals surface area contributed by atoms with Crippen LogP contribution in [0.1, 0.15) is 0 Å². The van der Waals surface area contributed by atoms with Crippen molar-refractivity contribution < 1.29 is 9.47 Å². The molecule has 5 nitrogen and oxygen atoms in total. The van der Waals surface area contributed by atoms with Crippen LogP contribution < -0.4 is 15.2 Å². The number of fused-ring (bicyclic) bond motifs is 1. The van der Waals surface area contributed by atoms with Gasteiger partial charge in [0.25, 0.3) is 0 Å². The van der Waals surface area contributed by atoms with Gasteiger partial charge in [-0.05, 0) is 18.2 Å². The van der Waals surface area contributed by atoms with Crippen LogP contribution >= 0.6 is 12.4 Å². The first-order valence-electron chi connectivity index (χ1n) is 4.54. The third-order valence-electron chi connectivity index (χ3n) is 2.28. The minimum absolute atomic E-state index is 0. The first kappa shape index (κ1) is 10.6. The molecule has 1 aromatic carbocycles. The van der Waals surface area contributed by atoms with E-state index in [2.05, 4.69) is 10.2 Å². The zero-order valence-corrected chi connectivity index (χ0v) is 9.08. The SMILES string of the molecule is Cl.Nc1cc(-c2ccc3c(c2)OCO3)[nH]n1. The number of H-pyrrole nitrogens is 1. The van der Waals surface area contributed by atoms with Crippen molar-refractivity contribution in [3.05, 3.63) is 24.3 Å². The molecule has 2 aromatic rings. The lowest BCUT2D eigenvalue weighted by Crippen LogP contribution is -1.92. The van der Waals surface area contributed by atoms with E-state index in [1.807, 2.05) is 18.2 Å². The molecule has 0 bridgehead atoms. The third kappa shape index (κ3) is 1.65. The van der Waals surface area contributed by atoms with Gasteiger partial charge in [-0.25, -0.2) is 0 Å². The van der Waals surface area contributed by atoms with Gasteiger partial charge in [0.2, 0.25) is 6.79 Å². The zero-order chi connectivity index (χ0) is 10.3. The van der Waals surface area contributed by atoms with Crippen molar-refractivity contribution in [3.63, 3.8) is 0 Å². The number of benzene rings is 1. The number of anilines is 1. The lowest BCUT2D eigenvalue weighted by Gasteiger charge is -1.99. The van der Waals surface area contributed by atoms with E-state index in [0.717, 1.165) is 22.8 Å². The van der Waals surface area contributed by atoms with E-state index in [4.69, 9.17) is 15.2 Å². The largest absolute Gasteiger partial charge is 0.454 e. The van der Waals surface area contributed by atoms with E-state index in [9.17, 15) is 0 Å². The van der Waals surface area contributed by atoms with Gasteiger partial charge < -0.3 is 15.2 Å². The molecular formula is C10H10ClN3O2. The predicted octanol–water partition coefficient (Wildman–Crippen LogP) is 1.81. The van der Waals surface area contributed by atoms with Crippen LogP contribution in [-0.2, 0) is 0 Å². The Morgan fingerprint density at radius 3 is 2.75 bits per heavy atom. The summed E-state index contributed by atoms with van der Waals surface area (Å²) in [6.07, 6.45) is 0. The molecular weight excluding hydrogens is 230 g/mol. The number of ether oxygens (including phenoxy) is 2. The van der Waals surface area contributed by atoms with Crippen LogP contribution in [0.3, 0.4) is 0 Å². The standard InChI is InChI=1S/C10H9N3O2.ClH/c11-10-4-7(12-13-10)6-1-2-8-9(3-6)15-5-14-8;/h1-4H,5H2,(H3,11,12,13);1H. The van der Waals surface area contributed by atoms with Crippen LogP contribution in [0.15, 0.2) is 24.3 Å².